The summed E-state index contributed by atoms with van der Waals surface area (Å²) in [6.07, 6.45) is 2.33. The van der Waals surface area contributed by atoms with Gasteiger partial charge in [0.1, 0.15) is 0 Å². The topological polar surface area (TPSA) is 80.5 Å². The molecule has 0 bridgehead atoms. The van der Waals surface area contributed by atoms with Crippen molar-refractivity contribution in [2.45, 2.75) is 26.2 Å². The molecule has 13 heavy (non-hydrogen) atoms. The Bertz CT molecular complexity index is 265. The first kappa shape index (κ1) is 12.5. The lowest BCUT2D eigenvalue weighted by Crippen LogP contribution is -2.38. The van der Waals surface area contributed by atoms with E-state index in [9.17, 15) is 13.2 Å². The highest BCUT2D eigenvalue weighted by Gasteiger charge is 2.21. The van der Waals surface area contributed by atoms with Crippen molar-refractivity contribution < 1.29 is 13.2 Å². The van der Waals surface area contributed by atoms with Crippen molar-refractivity contribution in [3.8, 4) is 0 Å². The molecule has 0 aliphatic carbocycles. The summed E-state index contributed by atoms with van der Waals surface area (Å²) in [7, 11) is 0.957. The first-order valence-corrected chi connectivity index (χ1v) is 6.18. The number of carbonyl (C=O) groups excluding carboxylic acids is 1. The highest BCUT2D eigenvalue weighted by Crippen LogP contribution is 2.08. The Morgan fingerprint density at radius 1 is 1.46 bits per heavy atom. The van der Waals surface area contributed by atoms with E-state index in [0.29, 0.717) is 10.7 Å². The van der Waals surface area contributed by atoms with Gasteiger partial charge in [0.2, 0.25) is 0 Å². The number of halogens is 1. The molecule has 0 rings (SSSR count). The van der Waals surface area contributed by atoms with E-state index in [-0.39, 0.29) is 6.54 Å². The van der Waals surface area contributed by atoms with Crippen LogP contribution in [0.4, 0.5) is 4.79 Å². The van der Waals surface area contributed by atoms with Crippen molar-refractivity contribution >= 4 is 26.0 Å². The van der Waals surface area contributed by atoms with E-state index >= 15 is 0 Å². The third-order valence-electron chi connectivity index (χ3n) is 1.47. The maximum Gasteiger partial charge on any atom is 0.329 e. The Labute approximate surface area is 82.4 Å². The first-order chi connectivity index (χ1) is 5.89. The largest absolute Gasteiger partial charge is 0.351 e. The summed E-state index contributed by atoms with van der Waals surface area (Å²) in [4.78, 5) is 10.6. The van der Waals surface area contributed by atoms with E-state index in [2.05, 4.69) is 0 Å². The molecule has 0 spiro atoms. The number of carbonyl (C=O) groups is 1. The van der Waals surface area contributed by atoms with Gasteiger partial charge >= 0.3 is 15.3 Å². The third-order valence-corrected chi connectivity index (χ3v) is 2.86. The van der Waals surface area contributed by atoms with Crippen molar-refractivity contribution in [2.24, 2.45) is 5.73 Å². The molecule has 0 aliphatic heterocycles. The summed E-state index contributed by atoms with van der Waals surface area (Å²) in [5.74, 6) is 0. The molecule has 0 aromatic rings. The van der Waals surface area contributed by atoms with Crippen LogP contribution in [0.15, 0.2) is 0 Å². The molecule has 0 heterocycles. The number of rotatable bonds is 5. The molecule has 7 heteroatoms. The zero-order valence-electron chi connectivity index (χ0n) is 7.36. The summed E-state index contributed by atoms with van der Waals surface area (Å²) >= 11 is 0. The highest BCUT2D eigenvalue weighted by molar-refractivity contribution is 8.12. The van der Waals surface area contributed by atoms with Crippen molar-refractivity contribution in [3.63, 3.8) is 0 Å². The van der Waals surface area contributed by atoms with Crippen LogP contribution in [0.5, 0.6) is 0 Å². The summed E-state index contributed by atoms with van der Waals surface area (Å²) in [5.41, 5.74) is 4.83. The standard InChI is InChI=1S/C6H13ClN2O3S/c1-2-3-4-5-9(6(8)10)13(7,11)12/h2-5H2,1H3,(H2,8,10). The van der Waals surface area contributed by atoms with Gasteiger partial charge in [0, 0.05) is 17.2 Å². The lowest BCUT2D eigenvalue weighted by atomic mass is 10.2. The Morgan fingerprint density at radius 2 is 2.00 bits per heavy atom. The summed E-state index contributed by atoms with van der Waals surface area (Å²) in [5, 5.41) is 0. The lowest BCUT2D eigenvalue weighted by molar-refractivity contribution is 0.232. The molecule has 0 saturated carbocycles. The lowest BCUT2D eigenvalue weighted by Gasteiger charge is -2.15. The number of primary amides is 1. The SMILES string of the molecule is CCCCCN(C(N)=O)S(=O)(=O)Cl. The Hall–Kier alpha value is -0.490. The molecule has 0 aliphatic rings. The average molecular weight is 229 g/mol. The number of nitrogens with two attached hydrogens (primary N) is 1. The maximum absolute atomic E-state index is 10.8. The van der Waals surface area contributed by atoms with Crippen LogP contribution in [0, 0.1) is 0 Å². The molecule has 2 N–H and O–H groups in total. The molecule has 0 radical (unpaired) electrons. The van der Waals surface area contributed by atoms with Gasteiger partial charge < -0.3 is 5.73 Å². The maximum atomic E-state index is 10.8. The van der Waals surface area contributed by atoms with Crippen molar-refractivity contribution in [3.05, 3.63) is 0 Å². The molecule has 0 aromatic heterocycles. The van der Waals surface area contributed by atoms with E-state index in [1.165, 1.54) is 0 Å². The van der Waals surface area contributed by atoms with Crippen LogP contribution in [0.1, 0.15) is 26.2 Å². The highest BCUT2D eigenvalue weighted by atomic mass is 35.7. The molecular weight excluding hydrogens is 216 g/mol. The summed E-state index contributed by atoms with van der Waals surface area (Å²) in [6.45, 7) is 2.01. The van der Waals surface area contributed by atoms with Crippen LogP contribution in [0.25, 0.3) is 0 Å². The van der Waals surface area contributed by atoms with Gasteiger partial charge in [-0.2, -0.15) is 8.42 Å². The van der Waals surface area contributed by atoms with Gasteiger partial charge in [0.15, 0.2) is 0 Å². The molecule has 0 atom stereocenters. The van der Waals surface area contributed by atoms with Crippen LogP contribution >= 0.6 is 10.7 Å². The fourth-order valence-electron chi connectivity index (χ4n) is 0.832. The molecule has 0 aromatic carbocycles. The molecular formula is C6H13ClN2O3S. The second-order valence-electron chi connectivity index (χ2n) is 2.56. The number of urea groups is 1. The van der Waals surface area contributed by atoms with Crippen molar-refractivity contribution in [1.82, 2.24) is 4.31 Å². The van der Waals surface area contributed by atoms with Gasteiger partial charge in [-0.3, -0.25) is 0 Å². The minimum absolute atomic E-state index is 0.0506. The minimum Gasteiger partial charge on any atom is -0.351 e. The smallest absolute Gasteiger partial charge is 0.329 e. The van der Waals surface area contributed by atoms with E-state index in [1.54, 1.807) is 0 Å². The Morgan fingerprint density at radius 3 is 2.31 bits per heavy atom. The van der Waals surface area contributed by atoms with Crippen molar-refractivity contribution in [1.29, 1.82) is 0 Å². The monoisotopic (exact) mass is 228 g/mol. The van der Waals surface area contributed by atoms with E-state index in [4.69, 9.17) is 16.4 Å². The number of unbranched alkanes of at least 4 members (excludes halogenated alkanes) is 2. The molecule has 2 amide bonds. The van der Waals surface area contributed by atoms with Crippen LogP contribution in [0.3, 0.4) is 0 Å². The van der Waals surface area contributed by atoms with Gasteiger partial charge in [0.25, 0.3) is 0 Å². The zero-order valence-corrected chi connectivity index (χ0v) is 8.94. The molecule has 0 saturated heterocycles. The van der Waals surface area contributed by atoms with Gasteiger partial charge in [-0.15, -0.1) is 0 Å². The normalized spacial score (nSPS) is 11.2. The number of amides is 2. The molecule has 78 valence electrons. The van der Waals surface area contributed by atoms with Gasteiger partial charge in [0.05, 0.1) is 0 Å². The van der Waals surface area contributed by atoms with E-state index in [0.717, 1.165) is 12.8 Å². The Balaban J connectivity index is 4.22. The summed E-state index contributed by atoms with van der Waals surface area (Å²) < 4.78 is 22.0. The molecule has 5 nitrogen and oxygen atoms in total. The average Bonchev–Trinajstić information content (AvgIpc) is 1.94. The Kier molecular flexibility index (Phi) is 5.09. The summed E-state index contributed by atoms with van der Waals surface area (Å²) in [6, 6.07) is -1.04. The van der Waals surface area contributed by atoms with E-state index < -0.39 is 15.3 Å². The van der Waals surface area contributed by atoms with Crippen LogP contribution in [-0.2, 0) is 9.24 Å². The predicted molar refractivity (Wildman–Crippen MR) is 50.6 cm³/mol. The molecule has 0 fully saturated rings. The second kappa shape index (κ2) is 5.29. The first-order valence-electron chi connectivity index (χ1n) is 3.91. The van der Waals surface area contributed by atoms with Crippen LogP contribution in [-0.4, -0.2) is 25.3 Å². The van der Waals surface area contributed by atoms with Crippen molar-refractivity contribution in [2.75, 3.05) is 6.54 Å². The zero-order chi connectivity index (χ0) is 10.5. The predicted octanol–water partition coefficient (Wildman–Crippen LogP) is 1.04. The number of hydrogen-bond acceptors (Lipinski definition) is 3. The minimum atomic E-state index is -4.01. The van der Waals surface area contributed by atoms with E-state index in [1.807, 2.05) is 6.92 Å². The van der Waals surface area contributed by atoms with Crippen LogP contribution < -0.4 is 5.73 Å². The fourth-order valence-corrected chi connectivity index (χ4v) is 1.81. The van der Waals surface area contributed by atoms with Gasteiger partial charge in [-0.25, -0.2) is 9.10 Å². The van der Waals surface area contributed by atoms with Crippen LogP contribution in [0.2, 0.25) is 0 Å². The van der Waals surface area contributed by atoms with Gasteiger partial charge in [-0.1, -0.05) is 19.8 Å². The molecule has 0 unspecified atom stereocenters. The van der Waals surface area contributed by atoms with Gasteiger partial charge in [-0.05, 0) is 6.42 Å². The number of hydrogen-bond donors (Lipinski definition) is 1. The fraction of sp³-hybridized carbons (Fsp3) is 0.833. The third kappa shape index (κ3) is 4.94. The quantitative estimate of drug-likeness (QED) is 0.564. The second-order valence-corrected chi connectivity index (χ2v) is 4.99. The number of nitrogens with zero attached hydrogens (tertiary/aromatic N) is 1.